The highest BCUT2D eigenvalue weighted by Gasteiger charge is 2.01. The first-order valence-electron chi connectivity index (χ1n) is 5.48. The van der Waals surface area contributed by atoms with Crippen molar-refractivity contribution in [1.29, 1.82) is 0 Å². The molecule has 0 aliphatic heterocycles. The highest BCUT2D eigenvalue weighted by molar-refractivity contribution is 14.1. The molecule has 94 valence electrons. The number of ether oxygens (including phenoxy) is 1. The Bertz CT molecular complexity index is 357. The molecule has 1 aromatic rings. The number of nitrogens with one attached hydrogen (secondary N) is 1. The third kappa shape index (κ3) is 6.48. The minimum atomic E-state index is -0.415. The lowest BCUT2D eigenvalue weighted by Gasteiger charge is -2.06. The molecule has 0 saturated heterocycles. The summed E-state index contributed by atoms with van der Waals surface area (Å²) in [7, 11) is 0. The third-order valence-electron chi connectivity index (χ3n) is 2.11. The average molecular weight is 349 g/mol. The normalized spacial score (nSPS) is 10.0. The Balaban J connectivity index is 2.19. The van der Waals surface area contributed by atoms with Gasteiger partial charge in [0.15, 0.2) is 0 Å². The number of aliphatic hydroxyl groups is 1. The van der Waals surface area contributed by atoms with Crippen LogP contribution >= 0.6 is 22.6 Å². The van der Waals surface area contributed by atoms with Crippen LogP contribution in [0.1, 0.15) is 18.4 Å². The fourth-order valence-corrected chi connectivity index (χ4v) is 1.86. The fourth-order valence-electron chi connectivity index (χ4n) is 1.25. The van der Waals surface area contributed by atoms with Gasteiger partial charge in [-0.3, -0.25) is 0 Å². The van der Waals surface area contributed by atoms with E-state index in [-0.39, 0.29) is 6.61 Å². The molecule has 0 saturated carbocycles. The van der Waals surface area contributed by atoms with Crippen molar-refractivity contribution in [3.05, 3.63) is 33.4 Å². The van der Waals surface area contributed by atoms with Crippen LogP contribution in [-0.2, 0) is 11.3 Å². The van der Waals surface area contributed by atoms with E-state index in [1.807, 2.05) is 24.3 Å². The lowest BCUT2D eigenvalue weighted by atomic mass is 10.2. The summed E-state index contributed by atoms with van der Waals surface area (Å²) >= 11 is 2.23. The number of aliphatic hydroxyl groups excluding tert-OH is 1. The largest absolute Gasteiger partial charge is 0.450 e. The summed E-state index contributed by atoms with van der Waals surface area (Å²) in [5, 5.41) is 11.2. The number of rotatable bonds is 6. The van der Waals surface area contributed by atoms with Crippen LogP contribution in [0, 0.1) is 3.57 Å². The van der Waals surface area contributed by atoms with Gasteiger partial charge in [0.05, 0.1) is 6.61 Å². The zero-order valence-corrected chi connectivity index (χ0v) is 11.6. The smallest absolute Gasteiger partial charge is 0.407 e. The molecule has 17 heavy (non-hydrogen) atoms. The first-order chi connectivity index (χ1) is 8.22. The summed E-state index contributed by atoms with van der Waals surface area (Å²) in [6.07, 6.45) is 0.930. The molecule has 0 aromatic heterocycles. The zero-order chi connectivity index (χ0) is 12.5. The Morgan fingerprint density at radius 2 is 2.24 bits per heavy atom. The van der Waals surface area contributed by atoms with Gasteiger partial charge in [-0.2, -0.15) is 0 Å². The van der Waals surface area contributed by atoms with Crippen molar-refractivity contribution < 1.29 is 14.6 Å². The second-order valence-corrected chi connectivity index (χ2v) is 4.80. The number of hydrogen-bond donors (Lipinski definition) is 2. The number of carbonyl (C=O) groups is 1. The molecular weight excluding hydrogens is 333 g/mol. The van der Waals surface area contributed by atoms with Gasteiger partial charge in [-0.25, -0.2) is 4.79 Å². The van der Waals surface area contributed by atoms with Crippen LogP contribution < -0.4 is 5.32 Å². The maximum absolute atomic E-state index is 11.3. The Hall–Kier alpha value is -0.820. The average Bonchev–Trinajstić information content (AvgIpc) is 2.32. The third-order valence-corrected chi connectivity index (χ3v) is 2.78. The van der Waals surface area contributed by atoms with Gasteiger partial charge in [0.1, 0.15) is 0 Å². The van der Waals surface area contributed by atoms with Crippen LogP contribution in [0.25, 0.3) is 0 Å². The number of benzene rings is 1. The number of carbonyl (C=O) groups excluding carboxylic acids is 1. The first kappa shape index (κ1) is 14.2. The summed E-state index contributed by atoms with van der Waals surface area (Å²) in [5.41, 5.74) is 1.05. The molecule has 2 N–H and O–H groups in total. The van der Waals surface area contributed by atoms with Gasteiger partial charge in [-0.1, -0.05) is 12.1 Å². The summed E-state index contributed by atoms with van der Waals surface area (Å²) in [5.74, 6) is 0. The summed E-state index contributed by atoms with van der Waals surface area (Å²) < 4.78 is 6.07. The lowest BCUT2D eigenvalue weighted by molar-refractivity contribution is 0.140. The van der Waals surface area contributed by atoms with Gasteiger partial charge < -0.3 is 15.2 Å². The second-order valence-electron chi connectivity index (χ2n) is 3.55. The van der Waals surface area contributed by atoms with Crippen LogP contribution in [0.15, 0.2) is 24.3 Å². The predicted octanol–water partition coefficient (Wildman–Crippen LogP) is 2.29. The highest BCUT2D eigenvalue weighted by Crippen LogP contribution is 2.07. The van der Waals surface area contributed by atoms with E-state index in [4.69, 9.17) is 9.84 Å². The fraction of sp³-hybridized carbons (Fsp3) is 0.417. The standard InChI is InChI=1S/C12H16INO3/c13-11-5-3-4-10(8-11)9-14-12(16)17-7-2-1-6-15/h3-5,8,15H,1-2,6-7,9H2,(H,14,16). The second kappa shape index (κ2) is 8.30. The van der Waals surface area contributed by atoms with Crippen molar-refractivity contribution in [3.63, 3.8) is 0 Å². The van der Waals surface area contributed by atoms with Crippen LogP contribution in [-0.4, -0.2) is 24.4 Å². The quantitative estimate of drug-likeness (QED) is 0.612. The topological polar surface area (TPSA) is 58.6 Å². The van der Waals surface area contributed by atoms with Gasteiger partial charge in [-0.05, 0) is 53.1 Å². The number of halogens is 1. The number of amides is 1. The van der Waals surface area contributed by atoms with Crippen LogP contribution in [0.4, 0.5) is 4.79 Å². The van der Waals surface area contributed by atoms with E-state index in [1.165, 1.54) is 0 Å². The highest BCUT2D eigenvalue weighted by atomic mass is 127. The maximum Gasteiger partial charge on any atom is 0.407 e. The van der Waals surface area contributed by atoms with Crippen molar-refractivity contribution in [2.24, 2.45) is 0 Å². The number of alkyl carbamates (subject to hydrolysis) is 1. The van der Waals surface area contributed by atoms with Crippen LogP contribution in [0.5, 0.6) is 0 Å². The molecule has 0 aliphatic rings. The van der Waals surface area contributed by atoms with Crippen LogP contribution in [0.3, 0.4) is 0 Å². The Morgan fingerprint density at radius 3 is 2.94 bits per heavy atom. The van der Waals surface area contributed by atoms with Crippen molar-refractivity contribution in [2.45, 2.75) is 19.4 Å². The molecule has 0 spiro atoms. The van der Waals surface area contributed by atoms with E-state index < -0.39 is 6.09 Å². The molecule has 0 aliphatic carbocycles. The van der Waals surface area contributed by atoms with Gasteiger partial charge >= 0.3 is 6.09 Å². The maximum atomic E-state index is 11.3. The summed E-state index contributed by atoms with van der Waals surface area (Å²) in [4.78, 5) is 11.3. The molecule has 1 aromatic carbocycles. The molecule has 1 amide bonds. The van der Waals surface area contributed by atoms with E-state index in [0.717, 1.165) is 9.13 Å². The van der Waals surface area contributed by atoms with Gasteiger partial charge in [0.25, 0.3) is 0 Å². The molecule has 5 heteroatoms. The SMILES string of the molecule is O=C(NCc1cccc(I)c1)OCCCCO. The molecular formula is C12H16INO3. The summed E-state index contributed by atoms with van der Waals surface area (Å²) in [6, 6.07) is 7.91. The van der Waals surface area contributed by atoms with E-state index >= 15 is 0 Å². The Kier molecular flexibility index (Phi) is 6.95. The molecule has 0 bridgehead atoms. The minimum absolute atomic E-state index is 0.132. The molecule has 0 heterocycles. The van der Waals surface area contributed by atoms with Gasteiger partial charge in [0, 0.05) is 16.7 Å². The number of hydrogen-bond acceptors (Lipinski definition) is 3. The van der Waals surface area contributed by atoms with E-state index in [1.54, 1.807) is 0 Å². The van der Waals surface area contributed by atoms with Gasteiger partial charge in [0.2, 0.25) is 0 Å². The van der Waals surface area contributed by atoms with Crippen molar-refractivity contribution in [1.82, 2.24) is 5.32 Å². The van der Waals surface area contributed by atoms with Crippen LogP contribution in [0.2, 0.25) is 0 Å². The first-order valence-corrected chi connectivity index (χ1v) is 6.56. The van der Waals surface area contributed by atoms with Crippen molar-refractivity contribution in [2.75, 3.05) is 13.2 Å². The Morgan fingerprint density at radius 1 is 1.41 bits per heavy atom. The molecule has 1 rings (SSSR count). The van der Waals surface area contributed by atoms with Gasteiger partial charge in [-0.15, -0.1) is 0 Å². The van der Waals surface area contributed by atoms with Crippen molar-refractivity contribution >= 4 is 28.7 Å². The molecule has 0 atom stereocenters. The summed E-state index contributed by atoms with van der Waals surface area (Å²) in [6.45, 7) is 0.946. The minimum Gasteiger partial charge on any atom is -0.450 e. The lowest BCUT2D eigenvalue weighted by Crippen LogP contribution is -2.24. The van der Waals surface area contributed by atoms with E-state index in [9.17, 15) is 4.79 Å². The predicted molar refractivity (Wildman–Crippen MR) is 73.7 cm³/mol. The molecule has 0 radical (unpaired) electrons. The van der Waals surface area contributed by atoms with E-state index in [2.05, 4.69) is 27.9 Å². The van der Waals surface area contributed by atoms with Crippen molar-refractivity contribution in [3.8, 4) is 0 Å². The monoisotopic (exact) mass is 349 g/mol. The van der Waals surface area contributed by atoms with E-state index in [0.29, 0.717) is 26.0 Å². The Labute approximate surface area is 115 Å². The molecule has 4 nitrogen and oxygen atoms in total. The zero-order valence-electron chi connectivity index (χ0n) is 9.49. The number of unbranched alkanes of at least 4 members (excludes halogenated alkanes) is 1. The molecule has 0 fully saturated rings. The molecule has 0 unspecified atom stereocenters.